The highest BCUT2D eigenvalue weighted by Crippen LogP contribution is 2.27. The highest BCUT2D eigenvalue weighted by Gasteiger charge is 2.10. The molecule has 1 rings (SSSR count). The topological polar surface area (TPSA) is 55.4 Å². The van der Waals surface area contributed by atoms with E-state index in [1.54, 1.807) is 12.1 Å². The van der Waals surface area contributed by atoms with E-state index in [0.29, 0.717) is 12.3 Å². The summed E-state index contributed by atoms with van der Waals surface area (Å²) in [5, 5.41) is 3.14. The molecule has 0 fully saturated rings. The zero-order chi connectivity index (χ0) is 12.9. The summed E-state index contributed by atoms with van der Waals surface area (Å²) in [5.74, 6) is 0.525. The second-order valence-electron chi connectivity index (χ2n) is 3.58. The van der Waals surface area contributed by atoms with E-state index in [9.17, 15) is 8.42 Å². The molecule has 0 aliphatic rings. The maximum Gasteiger partial charge on any atom is 0.175 e. The molecular formula is C12H17NO3S. The van der Waals surface area contributed by atoms with Crippen molar-refractivity contribution < 1.29 is 13.2 Å². The maximum absolute atomic E-state index is 11.4. The molecule has 0 aromatic heterocycles. The van der Waals surface area contributed by atoms with Crippen molar-refractivity contribution in [2.45, 2.75) is 11.8 Å². The minimum atomic E-state index is -3.20. The molecule has 0 unspecified atom stereocenters. The minimum Gasteiger partial charge on any atom is -0.495 e. The molecule has 0 heterocycles. The molecule has 1 aromatic carbocycles. The summed E-state index contributed by atoms with van der Waals surface area (Å²) in [7, 11) is -1.68. The Balaban J connectivity index is 3.01. The van der Waals surface area contributed by atoms with Gasteiger partial charge in [-0.1, -0.05) is 12.2 Å². The van der Waals surface area contributed by atoms with Crippen molar-refractivity contribution in [3.8, 4) is 5.75 Å². The molecule has 0 spiro atoms. The quantitative estimate of drug-likeness (QED) is 0.818. The summed E-state index contributed by atoms with van der Waals surface area (Å²) in [4.78, 5) is 0.255. The molecule has 17 heavy (non-hydrogen) atoms. The van der Waals surface area contributed by atoms with Crippen LogP contribution in [0.5, 0.6) is 5.75 Å². The smallest absolute Gasteiger partial charge is 0.175 e. The fraction of sp³-hybridized carbons (Fsp3) is 0.333. The summed E-state index contributed by atoms with van der Waals surface area (Å²) in [6.45, 7) is 2.61. The summed E-state index contributed by atoms with van der Waals surface area (Å²) < 4.78 is 27.9. The van der Waals surface area contributed by atoms with Gasteiger partial charge in [0.05, 0.1) is 17.7 Å². The number of hydrogen-bond acceptors (Lipinski definition) is 4. The third kappa shape index (κ3) is 3.78. The maximum atomic E-state index is 11.4. The van der Waals surface area contributed by atoms with Crippen molar-refractivity contribution in [2.24, 2.45) is 0 Å². The van der Waals surface area contributed by atoms with E-state index in [4.69, 9.17) is 4.74 Å². The monoisotopic (exact) mass is 255 g/mol. The Labute approximate surface area is 102 Å². The Kier molecular flexibility index (Phi) is 4.57. The molecule has 0 atom stereocenters. The van der Waals surface area contributed by atoms with Gasteiger partial charge in [0, 0.05) is 18.9 Å². The highest BCUT2D eigenvalue weighted by atomic mass is 32.2. The average Bonchev–Trinajstić information content (AvgIpc) is 2.28. The second kappa shape index (κ2) is 5.72. The summed E-state index contributed by atoms with van der Waals surface area (Å²) in [6, 6.07) is 4.79. The molecule has 0 saturated heterocycles. The standard InChI is InChI=1S/C12H17NO3S/c1-4-5-8-13-11-7-6-10(17(3,14)15)9-12(11)16-2/h4-7,9,13H,8H2,1-3H3/b5-4+. The lowest BCUT2D eigenvalue weighted by atomic mass is 10.3. The van der Waals surface area contributed by atoms with Crippen LogP contribution in [0.25, 0.3) is 0 Å². The molecule has 94 valence electrons. The summed E-state index contributed by atoms with van der Waals surface area (Å²) in [6.07, 6.45) is 5.07. The molecule has 0 aliphatic heterocycles. The number of nitrogens with one attached hydrogen (secondary N) is 1. The predicted molar refractivity (Wildman–Crippen MR) is 69.4 cm³/mol. The van der Waals surface area contributed by atoms with E-state index in [1.807, 2.05) is 19.1 Å². The number of ether oxygens (including phenoxy) is 1. The minimum absolute atomic E-state index is 0.255. The van der Waals surface area contributed by atoms with E-state index in [1.165, 1.54) is 19.4 Å². The molecule has 1 aromatic rings. The van der Waals surface area contributed by atoms with Crippen molar-refractivity contribution in [3.63, 3.8) is 0 Å². The van der Waals surface area contributed by atoms with Crippen molar-refractivity contribution in [1.82, 2.24) is 0 Å². The predicted octanol–water partition coefficient (Wildman–Crippen LogP) is 2.09. The molecule has 4 nitrogen and oxygen atoms in total. The van der Waals surface area contributed by atoms with E-state index in [0.717, 1.165) is 5.69 Å². The first kappa shape index (κ1) is 13.6. The fourth-order valence-corrected chi connectivity index (χ4v) is 1.97. The molecule has 1 N–H and O–H groups in total. The average molecular weight is 255 g/mol. The highest BCUT2D eigenvalue weighted by molar-refractivity contribution is 7.90. The van der Waals surface area contributed by atoms with Gasteiger partial charge < -0.3 is 10.1 Å². The SMILES string of the molecule is C/C=C/CNc1ccc(S(C)(=O)=O)cc1OC. The number of hydrogen-bond donors (Lipinski definition) is 1. The van der Waals surface area contributed by atoms with Crippen LogP contribution in [-0.2, 0) is 9.84 Å². The van der Waals surface area contributed by atoms with Gasteiger partial charge in [0.25, 0.3) is 0 Å². The number of rotatable bonds is 5. The lowest BCUT2D eigenvalue weighted by Gasteiger charge is -2.11. The second-order valence-corrected chi connectivity index (χ2v) is 5.60. The van der Waals surface area contributed by atoms with Gasteiger partial charge in [0.1, 0.15) is 5.75 Å². The molecule has 0 saturated carbocycles. The van der Waals surface area contributed by atoms with Crippen LogP contribution in [0.1, 0.15) is 6.92 Å². The van der Waals surface area contributed by atoms with Crippen molar-refractivity contribution in [3.05, 3.63) is 30.4 Å². The molecule has 0 amide bonds. The van der Waals surface area contributed by atoms with E-state index >= 15 is 0 Å². The number of methoxy groups -OCH3 is 1. The Bertz CT molecular complexity index is 506. The number of sulfone groups is 1. The Hall–Kier alpha value is -1.49. The fourth-order valence-electron chi connectivity index (χ4n) is 1.33. The van der Waals surface area contributed by atoms with Gasteiger partial charge in [-0.25, -0.2) is 8.42 Å². The van der Waals surface area contributed by atoms with Crippen molar-refractivity contribution in [2.75, 3.05) is 25.2 Å². The summed E-state index contributed by atoms with van der Waals surface area (Å²) >= 11 is 0. The van der Waals surface area contributed by atoms with Crippen molar-refractivity contribution >= 4 is 15.5 Å². The van der Waals surface area contributed by atoms with Gasteiger partial charge in [-0.15, -0.1) is 0 Å². The molecular weight excluding hydrogens is 238 g/mol. The normalized spacial score (nSPS) is 11.7. The summed E-state index contributed by atoms with van der Waals surface area (Å²) in [5.41, 5.74) is 0.776. The van der Waals surface area contributed by atoms with Crippen LogP contribution in [0.2, 0.25) is 0 Å². The first-order valence-corrected chi connectivity index (χ1v) is 7.11. The van der Waals surface area contributed by atoms with Gasteiger partial charge in [-0.3, -0.25) is 0 Å². The Morgan fingerprint density at radius 2 is 2.12 bits per heavy atom. The van der Waals surface area contributed by atoms with Gasteiger partial charge >= 0.3 is 0 Å². The van der Waals surface area contributed by atoms with Crippen molar-refractivity contribution in [1.29, 1.82) is 0 Å². The van der Waals surface area contributed by atoms with Gasteiger partial charge in [-0.05, 0) is 19.1 Å². The van der Waals surface area contributed by atoms with Crippen LogP contribution in [0.15, 0.2) is 35.2 Å². The van der Waals surface area contributed by atoms with Crippen LogP contribution in [0.4, 0.5) is 5.69 Å². The molecule has 5 heteroatoms. The molecule has 0 bridgehead atoms. The zero-order valence-corrected chi connectivity index (χ0v) is 11.0. The van der Waals surface area contributed by atoms with Gasteiger partial charge in [0.15, 0.2) is 9.84 Å². The first-order valence-electron chi connectivity index (χ1n) is 5.22. The van der Waals surface area contributed by atoms with Crippen LogP contribution >= 0.6 is 0 Å². The Morgan fingerprint density at radius 3 is 2.65 bits per heavy atom. The third-order valence-corrected chi connectivity index (χ3v) is 3.36. The van der Waals surface area contributed by atoms with Crippen LogP contribution < -0.4 is 10.1 Å². The lowest BCUT2D eigenvalue weighted by Crippen LogP contribution is -2.03. The molecule has 0 radical (unpaired) electrons. The van der Waals surface area contributed by atoms with E-state index in [-0.39, 0.29) is 4.90 Å². The zero-order valence-electron chi connectivity index (χ0n) is 10.2. The first-order chi connectivity index (χ1) is 7.99. The van der Waals surface area contributed by atoms with E-state index < -0.39 is 9.84 Å². The van der Waals surface area contributed by atoms with Crippen LogP contribution in [0.3, 0.4) is 0 Å². The number of anilines is 1. The largest absolute Gasteiger partial charge is 0.495 e. The Morgan fingerprint density at radius 1 is 1.41 bits per heavy atom. The van der Waals surface area contributed by atoms with Crippen LogP contribution in [-0.4, -0.2) is 28.3 Å². The van der Waals surface area contributed by atoms with Crippen LogP contribution in [0, 0.1) is 0 Å². The number of allylic oxidation sites excluding steroid dienone is 1. The number of benzene rings is 1. The van der Waals surface area contributed by atoms with Gasteiger partial charge in [-0.2, -0.15) is 0 Å². The van der Waals surface area contributed by atoms with E-state index in [2.05, 4.69) is 5.32 Å². The molecule has 0 aliphatic carbocycles. The third-order valence-electron chi connectivity index (χ3n) is 2.25. The van der Waals surface area contributed by atoms with Gasteiger partial charge in [0.2, 0.25) is 0 Å². The lowest BCUT2D eigenvalue weighted by molar-refractivity contribution is 0.415.